The molecular formula is C27H37BrO3. The second-order valence-corrected chi connectivity index (χ2v) is 12.3. The van der Waals surface area contributed by atoms with E-state index in [9.17, 15) is 0 Å². The Morgan fingerprint density at radius 2 is 1.71 bits per heavy atom. The zero-order valence-electron chi connectivity index (χ0n) is 18.8. The number of hydrogen-bond donors (Lipinski definition) is 0. The number of rotatable bonds is 3. The van der Waals surface area contributed by atoms with Crippen molar-refractivity contribution in [2.24, 2.45) is 35.0 Å². The molecule has 0 bridgehead atoms. The van der Waals surface area contributed by atoms with E-state index in [1.54, 1.807) is 0 Å². The Hall–Kier alpha value is -0.420. The Morgan fingerprint density at radius 1 is 0.935 bits per heavy atom. The first-order valence-electron chi connectivity index (χ1n) is 12.7. The van der Waals surface area contributed by atoms with Crippen LogP contribution in [-0.4, -0.2) is 29.9 Å². The van der Waals surface area contributed by atoms with Gasteiger partial charge in [-0.3, -0.25) is 0 Å². The van der Waals surface area contributed by atoms with Crippen LogP contribution < -0.4 is 0 Å². The Morgan fingerprint density at radius 3 is 2.52 bits per heavy atom. The van der Waals surface area contributed by atoms with Crippen molar-refractivity contribution >= 4 is 15.9 Å². The average molecular weight is 489 g/mol. The van der Waals surface area contributed by atoms with Gasteiger partial charge < -0.3 is 14.2 Å². The average Bonchev–Trinajstić information content (AvgIpc) is 3.39. The first-order valence-corrected chi connectivity index (χ1v) is 13.6. The van der Waals surface area contributed by atoms with Gasteiger partial charge in [-0.15, -0.1) is 0 Å². The third-order valence-electron chi connectivity index (χ3n) is 10.0. The quantitative estimate of drug-likeness (QED) is 0.464. The highest BCUT2D eigenvalue weighted by molar-refractivity contribution is 9.09. The van der Waals surface area contributed by atoms with Gasteiger partial charge in [-0.25, -0.2) is 0 Å². The Kier molecular flexibility index (Phi) is 5.53. The van der Waals surface area contributed by atoms with Crippen LogP contribution in [0.4, 0.5) is 0 Å². The third-order valence-corrected chi connectivity index (χ3v) is 11.0. The van der Waals surface area contributed by atoms with Crippen LogP contribution in [0.1, 0.15) is 63.9 Å². The fraction of sp³-hybridized carbons (Fsp3) is 0.778. The normalized spacial score (nSPS) is 45.8. The number of hydrogen-bond acceptors (Lipinski definition) is 3. The van der Waals surface area contributed by atoms with E-state index in [2.05, 4.69) is 53.2 Å². The lowest BCUT2D eigenvalue weighted by Crippen LogP contribution is -2.55. The lowest BCUT2D eigenvalue weighted by atomic mass is 9.50. The molecule has 1 aromatic rings. The second kappa shape index (κ2) is 8.11. The van der Waals surface area contributed by atoms with Gasteiger partial charge >= 0.3 is 0 Å². The van der Waals surface area contributed by atoms with Crippen LogP contribution in [-0.2, 0) is 20.8 Å². The molecule has 0 aromatic heterocycles. The minimum Gasteiger partial charge on any atom is -0.374 e. The number of fused-ring (bicyclic) bond motifs is 6. The highest BCUT2D eigenvalue weighted by atomic mass is 79.9. The van der Waals surface area contributed by atoms with Crippen molar-refractivity contribution in [3.8, 4) is 0 Å². The molecule has 3 nitrogen and oxygen atoms in total. The first kappa shape index (κ1) is 21.1. The molecule has 5 aliphatic rings. The molecule has 5 fully saturated rings. The van der Waals surface area contributed by atoms with E-state index < -0.39 is 0 Å². The maximum atomic E-state index is 6.38. The van der Waals surface area contributed by atoms with E-state index in [-0.39, 0.29) is 11.2 Å². The van der Waals surface area contributed by atoms with Gasteiger partial charge in [-0.2, -0.15) is 0 Å². The van der Waals surface area contributed by atoms with Crippen LogP contribution in [0.25, 0.3) is 0 Å². The maximum absolute atomic E-state index is 6.38. The van der Waals surface area contributed by atoms with E-state index >= 15 is 0 Å². The molecule has 4 heteroatoms. The van der Waals surface area contributed by atoms with Crippen LogP contribution in [0.15, 0.2) is 30.3 Å². The van der Waals surface area contributed by atoms with Gasteiger partial charge in [0.05, 0.1) is 30.8 Å². The highest BCUT2D eigenvalue weighted by Gasteiger charge is 2.69. The van der Waals surface area contributed by atoms with Gasteiger partial charge in [0.1, 0.15) is 0 Å². The minimum atomic E-state index is -0.373. The summed E-state index contributed by atoms with van der Waals surface area (Å²) in [7, 11) is 0. The molecule has 0 amide bonds. The highest BCUT2D eigenvalue weighted by Crippen LogP contribution is 2.68. The van der Waals surface area contributed by atoms with E-state index in [0.717, 1.165) is 49.4 Å². The fourth-order valence-electron chi connectivity index (χ4n) is 8.61. The van der Waals surface area contributed by atoms with Crippen molar-refractivity contribution in [3.63, 3.8) is 0 Å². The van der Waals surface area contributed by atoms with Crippen molar-refractivity contribution < 1.29 is 14.2 Å². The molecule has 1 spiro atoms. The lowest BCUT2D eigenvalue weighted by molar-refractivity contribution is -0.240. The molecule has 8 atom stereocenters. The van der Waals surface area contributed by atoms with Crippen molar-refractivity contribution in [3.05, 3.63) is 35.9 Å². The smallest absolute Gasteiger partial charge is 0.186 e. The maximum Gasteiger partial charge on any atom is 0.186 e. The van der Waals surface area contributed by atoms with Gasteiger partial charge in [-0.05, 0) is 86.5 Å². The molecule has 1 heterocycles. The summed E-state index contributed by atoms with van der Waals surface area (Å²) in [5, 5.41) is 0. The van der Waals surface area contributed by atoms with Gasteiger partial charge in [0.2, 0.25) is 0 Å². The number of alkyl halides is 1. The van der Waals surface area contributed by atoms with Crippen LogP contribution >= 0.6 is 15.9 Å². The zero-order chi connectivity index (χ0) is 21.1. The molecule has 1 saturated heterocycles. The largest absolute Gasteiger partial charge is 0.374 e. The Labute approximate surface area is 195 Å². The molecule has 1 unspecified atom stereocenters. The van der Waals surface area contributed by atoms with Gasteiger partial charge in [-0.1, -0.05) is 53.2 Å². The van der Waals surface area contributed by atoms with Crippen LogP contribution in [0.2, 0.25) is 0 Å². The van der Waals surface area contributed by atoms with Crippen molar-refractivity contribution in [1.82, 2.24) is 0 Å². The molecule has 170 valence electrons. The van der Waals surface area contributed by atoms with E-state index in [0.29, 0.717) is 10.9 Å². The van der Waals surface area contributed by atoms with Crippen molar-refractivity contribution in [1.29, 1.82) is 0 Å². The summed E-state index contributed by atoms with van der Waals surface area (Å²) in [4.78, 5) is 0.344. The topological polar surface area (TPSA) is 27.7 Å². The lowest BCUT2D eigenvalue weighted by Gasteiger charge is -2.57. The minimum absolute atomic E-state index is 0.168. The molecule has 1 aromatic carbocycles. The second-order valence-electron chi connectivity index (χ2n) is 11.2. The standard InChI is InChI=1S/C27H37BrO3/c1-26-12-11-22-21-10-8-20(29-17-18-5-3-2-4-6-18)15-19(21)7-9-23(22)24(26)16-25(28)27(26)30-13-14-31-27/h2-6,19-25H,7-17H2,1H3/t19-,20-,21+,22-,23-,24+,25?,26+/m1/s1. The molecule has 31 heavy (non-hydrogen) atoms. The van der Waals surface area contributed by atoms with Crippen LogP contribution in [0.3, 0.4) is 0 Å². The van der Waals surface area contributed by atoms with Gasteiger partial charge in [0, 0.05) is 5.41 Å². The molecular weight excluding hydrogens is 452 g/mol. The Balaban J connectivity index is 1.13. The summed E-state index contributed by atoms with van der Waals surface area (Å²) in [6.45, 7) is 4.77. The van der Waals surface area contributed by atoms with Crippen LogP contribution in [0, 0.1) is 35.0 Å². The summed E-state index contributed by atoms with van der Waals surface area (Å²) < 4.78 is 19.1. The first-order chi connectivity index (χ1) is 15.1. The molecule has 4 saturated carbocycles. The Bertz CT molecular complexity index is 778. The van der Waals surface area contributed by atoms with E-state index in [1.807, 2.05) is 0 Å². The van der Waals surface area contributed by atoms with E-state index in [4.69, 9.17) is 14.2 Å². The third kappa shape index (κ3) is 3.30. The summed E-state index contributed by atoms with van der Waals surface area (Å²) in [6, 6.07) is 10.7. The number of ether oxygens (including phenoxy) is 3. The van der Waals surface area contributed by atoms with E-state index in [1.165, 1.54) is 56.9 Å². The predicted octanol–water partition coefficient (Wildman–Crippen LogP) is 6.34. The monoisotopic (exact) mass is 488 g/mol. The summed E-state index contributed by atoms with van der Waals surface area (Å²) in [6.07, 6.45) is 11.0. The molecule has 0 N–H and O–H groups in total. The molecule has 4 aliphatic carbocycles. The molecule has 1 aliphatic heterocycles. The number of benzene rings is 1. The summed E-state index contributed by atoms with van der Waals surface area (Å²) >= 11 is 4.01. The van der Waals surface area contributed by atoms with Gasteiger partial charge in [0.25, 0.3) is 0 Å². The van der Waals surface area contributed by atoms with Crippen LogP contribution in [0.5, 0.6) is 0 Å². The van der Waals surface area contributed by atoms with Crippen molar-refractivity contribution in [2.45, 2.75) is 81.6 Å². The summed E-state index contributed by atoms with van der Waals surface area (Å²) in [5.41, 5.74) is 1.47. The molecule has 6 rings (SSSR count). The van der Waals surface area contributed by atoms with Crippen molar-refractivity contribution in [2.75, 3.05) is 13.2 Å². The number of halogens is 1. The SMILES string of the molecule is C[C@]12CC[C@H]3[C@@H](CC[C@@H]4C[C@H](OCc5ccccc5)CC[C@@H]43)[C@@H]1CC(Br)C21OCCO1. The predicted molar refractivity (Wildman–Crippen MR) is 125 cm³/mol. The molecule has 0 radical (unpaired) electrons. The fourth-order valence-corrected chi connectivity index (χ4v) is 9.80. The summed E-state index contributed by atoms with van der Waals surface area (Å²) in [5.74, 6) is 3.91. The zero-order valence-corrected chi connectivity index (χ0v) is 20.4. The van der Waals surface area contributed by atoms with Gasteiger partial charge in [0.15, 0.2) is 5.79 Å².